The minimum Gasteiger partial charge on any atom is -0.366 e. The molecule has 1 fully saturated rings. The van der Waals surface area contributed by atoms with Crippen LogP contribution in [0.4, 0.5) is 13.2 Å². The molecule has 1 aromatic rings. The fraction of sp³-hybridized carbons (Fsp3) is 0.667. The number of ether oxygens (including phenoxy) is 1. The summed E-state index contributed by atoms with van der Waals surface area (Å²) in [6, 6.07) is 0. The van der Waals surface area contributed by atoms with E-state index in [0.29, 0.717) is 12.1 Å². The van der Waals surface area contributed by atoms with Gasteiger partial charge in [-0.1, -0.05) is 0 Å². The maximum absolute atomic E-state index is 12.9. The molecular formula is C12H13F3N2O3. The third kappa shape index (κ3) is 1.94. The van der Waals surface area contributed by atoms with Crippen molar-refractivity contribution in [1.82, 2.24) is 9.78 Å². The summed E-state index contributed by atoms with van der Waals surface area (Å²) < 4.78 is 44.8. The van der Waals surface area contributed by atoms with Crippen LogP contribution in [-0.4, -0.2) is 33.6 Å². The van der Waals surface area contributed by atoms with Gasteiger partial charge >= 0.3 is 6.18 Å². The maximum atomic E-state index is 12.9. The number of Topliss-reactive ketones (excluding diaryl/α,β-unsaturated/α-hetero) is 1. The molecule has 3 rings (SSSR count). The molecule has 0 aromatic carbocycles. The third-order valence-corrected chi connectivity index (χ3v) is 3.67. The van der Waals surface area contributed by atoms with Gasteiger partial charge in [0.25, 0.3) is 0 Å². The SMILES string of the molecule is CCOC(O)Cn1nc(C(F)(F)F)c2c1C1CC1C2=O. The average molecular weight is 290 g/mol. The first-order valence-electron chi connectivity index (χ1n) is 6.36. The Morgan fingerprint density at radius 2 is 2.20 bits per heavy atom. The number of aromatic nitrogens is 2. The summed E-state index contributed by atoms with van der Waals surface area (Å²) in [7, 11) is 0. The van der Waals surface area contributed by atoms with Gasteiger partial charge in [0, 0.05) is 18.4 Å². The molecule has 110 valence electrons. The highest BCUT2D eigenvalue weighted by Crippen LogP contribution is 2.58. The summed E-state index contributed by atoms with van der Waals surface area (Å²) in [6.45, 7) is 1.70. The van der Waals surface area contributed by atoms with Crippen molar-refractivity contribution in [2.45, 2.75) is 38.3 Å². The first-order chi connectivity index (χ1) is 9.34. The number of rotatable bonds is 4. The number of carbonyl (C=O) groups excluding carboxylic acids is 1. The molecule has 5 nitrogen and oxygen atoms in total. The van der Waals surface area contributed by atoms with E-state index in [0.717, 1.165) is 4.68 Å². The summed E-state index contributed by atoms with van der Waals surface area (Å²) in [5.74, 6) is -0.996. The van der Waals surface area contributed by atoms with Gasteiger partial charge in [-0.3, -0.25) is 9.48 Å². The largest absolute Gasteiger partial charge is 0.435 e. The molecule has 8 heteroatoms. The standard InChI is InChI=1S/C12H13F3N2O3/c1-2-20-7(18)4-17-9-5-3-6(5)10(19)8(9)11(16-17)12(13,14)15/h5-7,18H,2-4H2,1H3. The Bertz CT molecular complexity index is 567. The molecule has 0 amide bonds. The molecule has 0 aliphatic heterocycles. The number of alkyl halides is 3. The number of hydrogen-bond donors (Lipinski definition) is 1. The first-order valence-corrected chi connectivity index (χ1v) is 6.36. The fourth-order valence-corrected chi connectivity index (χ4v) is 2.80. The van der Waals surface area contributed by atoms with Crippen LogP contribution in [0.3, 0.4) is 0 Å². The van der Waals surface area contributed by atoms with Crippen LogP contribution in [0, 0.1) is 5.92 Å². The molecule has 0 spiro atoms. The molecule has 3 unspecified atom stereocenters. The van der Waals surface area contributed by atoms with E-state index in [1.807, 2.05) is 0 Å². The quantitative estimate of drug-likeness (QED) is 0.855. The van der Waals surface area contributed by atoms with Crippen molar-refractivity contribution in [3.05, 3.63) is 17.0 Å². The lowest BCUT2D eigenvalue weighted by molar-refractivity contribution is -0.142. The van der Waals surface area contributed by atoms with E-state index >= 15 is 0 Å². The second-order valence-corrected chi connectivity index (χ2v) is 5.01. The second-order valence-electron chi connectivity index (χ2n) is 5.01. The normalized spacial score (nSPS) is 25.6. The van der Waals surface area contributed by atoms with Crippen molar-refractivity contribution in [2.75, 3.05) is 6.61 Å². The van der Waals surface area contributed by atoms with Gasteiger partial charge in [0.15, 0.2) is 17.8 Å². The van der Waals surface area contributed by atoms with E-state index in [2.05, 4.69) is 5.10 Å². The lowest BCUT2D eigenvalue weighted by atomic mass is 10.1. The Morgan fingerprint density at radius 3 is 2.80 bits per heavy atom. The predicted molar refractivity (Wildman–Crippen MR) is 60.0 cm³/mol. The van der Waals surface area contributed by atoms with Crippen LogP contribution in [-0.2, 0) is 17.5 Å². The summed E-state index contributed by atoms with van der Waals surface area (Å²) in [4.78, 5) is 11.9. The Balaban J connectivity index is 2.00. The van der Waals surface area contributed by atoms with Crippen LogP contribution in [0.1, 0.15) is 41.0 Å². The average Bonchev–Trinajstić information content (AvgIpc) is 2.94. The van der Waals surface area contributed by atoms with Crippen molar-refractivity contribution < 1.29 is 27.8 Å². The van der Waals surface area contributed by atoms with E-state index in [9.17, 15) is 23.1 Å². The van der Waals surface area contributed by atoms with E-state index in [4.69, 9.17) is 4.74 Å². The Morgan fingerprint density at radius 1 is 1.50 bits per heavy atom. The minimum absolute atomic E-state index is 0.185. The molecule has 1 heterocycles. The summed E-state index contributed by atoms with van der Waals surface area (Å²) in [5, 5.41) is 13.0. The van der Waals surface area contributed by atoms with Gasteiger partial charge in [-0.2, -0.15) is 18.3 Å². The molecular weight excluding hydrogens is 277 g/mol. The second kappa shape index (κ2) is 4.29. The van der Waals surface area contributed by atoms with Gasteiger partial charge in [-0.15, -0.1) is 0 Å². The zero-order valence-electron chi connectivity index (χ0n) is 10.6. The monoisotopic (exact) mass is 290 g/mol. The molecule has 0 radical (unpaired) electrons. The number of aliphatic hydroxyl groups is 1. The maximum Gasteiger partial charge on any atom is 0.435 e. The number of halogens is 3. The van der Waals surface area contributed by atoms with E-state index < -0.39 is 23.9 Å². The summed E-state index contributed by atoms with van der Waals surface area (Å²) in [6.07, 6.45) is -5.34. The van der Waals surface area contributed by atoms with Crippen LogP contribution in [0.2, 0.25) is 0 Å². The van der Waals surface area contributed by atoms with E-state index in [1.54, 1.807) is 6.92 Å². The Hall–Kier alpha value is -1.41. The van der Waals surface area contributed by atoms with Crippen molar-refractivity contribution in [1.29, 1.82) is 0 Å². The smallest absolute Gasteiger partial charge is 0.366 e. The zero-order valence-corrected chi connectivity index (χ0v) is 10.6. The van der Waals surface area contributed by atoms with Crippen LogP contribution in [0.25, 0.3) is 0 Å². The highest BCUT2D eigenvalue weighted by molar-refractivity contribution is 6.06. The first kappa shape index (κ1) is 13.6. The van der Waals surface area contributed by atoms with Crippen molar-refractivity contribution >= 4 is 5.78 Å². The lowest BCUT2D eigenvalue weighted by Crippen LogP contribution is -2.22. The number of aliphatic hydroxyl groups excluding tert-OH is 1. The molecule has 3 atom stereocenters. The van der Waals surface area contributed by atoms with Crippen LogP contribution in [0.15, 0.2) is 0 Å². The number of ketones is 1. The fourth-order valence-electron chi connectivity index (χ4n) is 2.80. The number of carbonyl (C=O) groups is 1. The van der Waals surface area contributed by atoms with Gasteiger partial charge in [0.2, 0.25) is 0 Å². The molecule has 2 aliphatic carbocycles. The molecule has 0 bridgehead atoms. The van der Waals surface area contributed by atoms with E-state index in [-0.39, 0.29) is 30.6 Å². The predicted octanol–water partition coefficient (Wildman–Crippen LogP) is 1.56. The molecule has 2 aliphatic rings. The van der Waals surface area contributed by atoms with Crippen LogP contribution in [0.5, 0.6) is 0 Å². The number of nitrogens with zero attached hydrogens (tertiary/aromatic N) is 2. The van der Waals surface area contributed by atoms with E-state index in [1.165, 1.54) is 0 Å². The van der Waals surface area contributed by atoms with Crippen LogP contribution < -0.4 is 0 Å². The highest BCUT2D eigenvalue weighted by Gasteiger charge is 2.58. The third-order valence-electron chi connectivity index (χ3n) is 3.67. The zero-order chi connectivity index (χ0) is 14.7. The highest BCUT2D eigenvalue weighted by atomic mass is 19.4. The lowest BCUT2D eigenvalue weighted by Gasteiger charge is -2.12. The summed E-state index contributed by atoms with van der Waals surface area (Å²) in [5.41, 5.74) is -1.16. The van der Waals surface area contributed by atoms with Gasteiger partial charge in [-0.05, 0) is 13.3 Å². The van der Waals surface area contributed by atoms with Gasteiger partial charge < -0.3 is 9.84 Å². The van der Waals surface area contributed by atoms with Gasteiger partial charge in [-0.25, -0.2) is 0 Å². The Labute approximate surface area is 112 Å². The summed E-state index contributed by atoms with van der Waals surface area (Å²) >= 11 is 0. The van der Waals surface area contributed by atoms with Crippen molar-refractivity contribution in [3.8, 4) is 0 Å². The van der Waals surface area contributed by atoms with Crippen LogP contribution >= 0.6 is 0 Å². The van der Waals surface area contributed by atoms with Gasteiger partial charge in [0.1, 0.15) is 0 Å². The molecule has 1 aromatic heterocycles. The topological polar surface area (TPSA) is 64.3 Å². The number of fused-ring (bicyclic) bond motifs is 3. The molecule has 0 saturated heterocycles. The molecule has 1 saturated carbocycles. The molecule has 20 heavy (non-hydrogen) atoms. The number of hydrogen-bond acceptors (Lipinski definition) is 4. The Kier molecular flexibility index (Phi) is 2.91. The molecule has 1 N–H and O–H groups in total. The van der Waals surface area contributed by atoms with Crippen molar-refractivity contribution in [2.24, 2.45) is 5.92 Å². The van der Waals surface area contributed by atoms with Crippen molar-refractivity contribution in [3.63, 3.8) is 0 Å². The minimum atomic E-state index is -4.67. The van der Waals surface area contributed by atoms with Gasteiger partial charge in [0.05, 0.1) is 17.8 Å².